The highest BCUT2D eigenvalue weighted by molar-refractivity contribution is 7.98. The number of hydrogen-bond acceptors (Lipinski definition) is 4. The quantitative estimate of drug-likeness (QED) is 0.396. The highest BCUT2D eigenvalue weighted by Gasteiger charge is 2.13. The third kappa shape index (κ3) is 4.92. The number of carboxylic acids is 1. The summed E-state index contributed by atoms with van der Waals surface area (Å²) in [6.45, 7) is 0. The molecule has 1 aromatic rings. The Bertz CT molecular complexity index is 319. The number of thiol groups is 1. The minimum absolute atomic E-state index is 0.307. The molecule has 0 heterocycles. The van der Waals surface area contributed by atoms with Crippen LogP contribution in [0.15, 0.2) is 30.3 Å². The minimum Gasteiger partial charge on any atom is -0.480 e. The van der Waals surface area contributed by atoms with Crippen molar-refractivity contribution in [2.75, 3.05) is 11.6 Å². The summed E-state index contributed by atoms with van der Waals surface area (Å²) in [6, 6.07) is 9.52. The topological polar surface area (TPSA) is 49.3 Å². The van der Waals surface area contributed by atoms with Gasteiger partial charge in [0.2, 0.25) is 0 Å². The van der Waals surface area contributed by atoms with E-state index >= 15 is 0 Å². The van der Waals surface area contributed by atoms with E-state index in [1.54, 1.807) is 11.8 Å². The Hall–Kier alpha value is -0.650. The fourth-order valence-corrected chi connectivity index (χ4v) is 2.27. The summed E-state index contributed by atoms with van der Waals surface area (Å²) in [5.74, 6) is 0.954. The molecule has 0 saturated carbocycles. The van der Waals surface area contributed by atoms with Crippen molar-refractivity contribution in [3.05, 3.63) is 35.9 Å². The lowest BCUT2D eigenvalue weighted by Gasteiger charge is -2.11. The molecule has 0 unspecified atom stereocenters. The molecule has 0 radical (unpaired) electrons. The van der Waals surface area contributed by atoms with Crippen LogP contribution in [0.2, 0.25) is 0 Å². The first-order valence-electron chi connectivity index (χ1n) is 4.92. The van der Waals surface area contributed by atoms with E-state index in [1.807, 2.05) is 18.2 Å². The average molecular weight is 257 g/mol. The molecule has 0 spiro atoms. The smallest absolute Gasteiger partial charge is 0.321 e. The molecule has 2 N–H and O–H groups in total. The maximum Gasteiger partial charge on any atom is 0.321 e. The van der Waals surface area contributed by atoms with Crippen molar-refractivity contribution in [1.82, 2.24) is 5.32 Å². The number of hydrogen-bond donors (Lipinski definition) is 3. The zero-order valence-electron chi connectivity index (χ0n) is 8.80. The van der Waals surface area contributed by atoms with Crippen LogP contribution in [-0.4, -0.2) is 28.7 Å². The Balaban J connectivity index is 2.19. The summed E-state index contributed by atoms with van der Waals surface area (Å²) in [6.07, 6.45) is 0. The van der Waals surface area contributed by atoms with Crippen LogP contribution in [0.1, 0.15) is 5.56 Å². The number of carbonyl (C=O) groups is 1. The zero-order chi connectivity index (χ0) is 11.8. The summed E-state index contributed by atoms with van der Waals surface area (Å²) in [5.41, 5.74) is 1.24. The van der Waals surface area contributed by atoms with E-state index < -0.39 is 12.0 Å². The molecular weight excluding hydrogens is 242 g/mol. The summed E-state index contributed by atoms with van der Waals surface area (Å²) >= 11 is 5.63. The molecule has 0 aliphatic carbocycles. The van der Waals surface area contributed by atoms with E-state index in [1.165, 1.54) is 5.56 Å². The van der Waals surface area contributed by atoms with E-state index in [4.69, 9.17) is 5.11 Å². The highest BCUT2D eigenvalue weighted by atomic mass is 32.2. The van der Waals surface area contributed by atoms with Crippen molar-refractivity contribution < 1.29 is 9.90 Å². The first kappa shape index (κ1) is 13.4. The molecule has 1 atom stereocenters. The first-order valence-corrected chi connectivity index (χ1v) is 6.71. The highest BCUT2D eigenvalue weighted by Crippen LogP contribution is 2.10. The number of thioether (sulfide) groups is 1. The van der Waals surface area contributed by atoms with Gasteiger partial charge in [0.25, 0.3) is 0 Å². The minimum atomic E-state index is -0.852. The monoisotopic (exact) mass is 257 g/mol. The molecule has 3 nitrogen and oxygen atoms in total. The lowest BCUT2D eigenvalue weighted by Crippen LogP contribution is -2.37. The summed E-state index contributed by atoms with van der Waals surface area (Å²) in [7, 11) is 0. The van der Waals surface area contributed by atoms with Crippen molar-refractivity contribution in [2.45, 2.75) is 11.8 Å². The van der Waals surface area contributed by atoms with E-state index in [0.29, 0.717) is 11.6 Å². The van der Waals surface area contributed by atoms with Gasteiger partial charge in [0.15, 0.2) is 0 Å². The van der Waals surface area contributed by atoms with Crippen molar-refractivity contribution in [3.63, 3.8) is 0 Å². The third-order valence-corrected chi connectivity index (χ3v) is 3.30. The Labute approximate surface area is 105 Å². The van der Waals surface area contributed by atoms with Crippen LogP contribution >= 0.6 is 24.4 Å². The second-order valence-corrected chi connectivity index (χ2v) is 4.61. The van der Waals surface area contributed by atoms with Crippen molar-refractivity contribution in [3.8, 4) is 0 Å². The van der Waals surface area contributed by atoms with Gasteiger partial charge < -0.3 is 5.11 Å². The summed E-state index contributed by atoms with van der Waals surface area (Å²) < 4.78 is 0. The standard InChI is InChI=1S/C11H15NO2S2/c13-11(14)10(6-15)12-8-16-7-9-4-2-1-3-5-9/h1-5,10,12,15H,6-8H2,(H,13,14)/t10-/m1/s1. The van der Waals surface area contributed by atoms with Crippen LogP contribution in [0.4, 0.5) is 0 Å². The molecule has 0 fully saturated rings. The number of carboxylic acid groups (broad SMARTS) is 1. The predicted molar refractivity (Wildman–Crippen MR) is 71.0 cm³/mol. The van der Waals surface area contributed by atoms with Gasteiger partial charge in [-0.1, -0.05) is 30.3 Å². The van der Waals surface area contributed by atoms with Gasteiger partial charge >= 0.3 is 5.97 Å². The van der Waals surface area contributed by atoms with Crippen LogP contribution in [0.5, 0.6) is 0 Å². The van der Waals surface area contributed by atoms with Crippen LogP contribution in [0.3, 0.4) is 0 Å². The van der Waals surface area contributed by atoms with E-state index in [0.717, 1.165) is 5.75 Å². The molecule has 0 aromatic heterocycles. The molecule has 0 saturated heterocycles. The Morgan fingerprint density at radius 1 is 1.44 bits per heavy atom. The normalized spacial score (nSPS) is 12.3. The fraction of sp³-hybridized carbons (Fsp3) is 0.364. The van der Waals surface area contributed by atoms with E-state index in [9.17, 15) is 4.79 Å². The molecule has 1 aromatic carbocycles. The molecule has 1 rings (SSSR count). The van der Waals surface area contributed by atoms with Gasteiger partial charge in [0.1, 0.15) is 6.04 Å². The summed E-state index contributed by atoms with van der Waals surface area (Å²) in [5, 5.41) is 11.7. The Morgan fingerprint density at radius 2 is 2.12 bits per heavy atom. The number of aliphatic carboxylic acids is 1. The average Bonchev–Trinajstić information content (AvgIpc) is 2.30. The lowest BCUT2D eigenvalue weighted by molar-refractivity contribution is -0.138. The molecule has 0 bridgehead atoms. The van der Waals surface area contributed by atoms with Crippen LogP contribution in [0, 0.1) is 0 Å². The van der Waals surface area contributed by atoms with Crippen LogP contribution in [-0.2, 0) is 10.5 Å². The van der Waals surface area contributed by atoms with Gasteiger partial charge in [-0.05, 0) is 5.56 Å². The zero-order valence-corrected chi connectivity index (χ0v) is 10.5. The maximum absolute atomic E-state index is 10.7. The van der Waals surface area contributed by atoms with Gasteiger partial charge in [-0.3, -0.25) is 10.1 Å². The van der Waals surface area contributed by atoms with Crippen molar-refractivity contribution in [1.29, 1.82) is 0 Å². The molecular formula is C11H15NO2S2. The van der Waals surface area contributed by atoms with Crippen LogP contribution < -0.4 is 5.32 Å². The Morgan fingerprint density at radius 3 is 2.69 bits per heavy atom. The molecule has 0 aliphatic heterocycles. The SMILES string of the molecule is O=C(O)[C@@H](CS)NCSCc1ccccc1. The van der Waals surface area contributed by atoms with Gasteiger partial charge in [0, 0.05) is 17.4 Å². The molecule has 88 valence electrons. The summed E-state index contributed by atoms with van der Waals surface area (Å²) in [4.78, 5) is 10.7. The second kappa shape index (κ2) is 7.60. The van der Waals surface area contributed by atoms with Crippen LogP contribution in [0.25, 0.3) is 0 Å². The van der Waals surface area contributed by atoms with Crippen molar-refractivity contribution in [2.24, 2.45) is 0 Å². The second-order valence-electron chi connectivity index (χ2n) is 3.26. The van der Waals surface area contributed by atoms with Gasteiger partial charge in [-0.25, -0.2) is 0 Å². The predicted octanol–water partition coefficient (Wildman–Crippen LogP) is 1.85. The van der Waals surface area contributed by atoms with Gasteiger partial charge in [-0.2, -0.15) is 12.6 Å². The lowest BCUT2D eigenvalue weighted by atomic mass is 10.2. The van der Waals surface area contributed by atoms with E-state index in [-0.39, 0.29) is 0 Å². The maximum atomic E-state index is 10.7. The number of rotatable bonds is 7. The first-order chi connectivity index (χ1) is 7.74. The largest absolute Gasteiger partial charge is 0.480 e. The molecule has 16 heavy (non-hydrogen) atoms. The molecule has 0 aliphatic rings. The van der Waals surface area contributed by atoms with Gasteiger partial charge in [0.05, 0.1) is 0 Å². The van der Waals surface area contributed by atoms with E-state index in [2.05, 4.69) is 30.1 Å². The number of nitrogens with one attached hydrogen (secondary N) is 1. The Kier molecular flexibility index (Phi) is 6.37. The van der Waals surface area contributed by atoms with Gasteiger partial charge in [-0.15, -0.1) is 11.8 Å². The molecule has 5 heteroatoms. The molecule has 0 amide bonds. The number of benzene rings is 1. The third-order valence-electron chi connectivity index (χ3n) is 2.02. The fourth-order valence-electron chi connectivity index (χ4n) is 1.13. The van der Waals surface area contributed by atoms with Crippen molar-refractivity contribution >= 4 is 30.4 Å².